The second kappa shape index (κ2) is 5.72. The molecule has 1 saturated heterocycles. The molecule has 6 heteroatoms. The highest BCUT2D eigenvalue weighted by Gasteiger charge is 2.28. The van der Waals surface area contributed by atoms with Crippen LogP contribution in [0.25, 0.3) is 22.2 Å². The average molecular weight is 341 g/mol. The Bertz CT molecular complexity index is 1010. The number of aromatic amines is 1. The van der Waals surface area contributed by atoms with E-state index >= 15 is 0 Å². The Morgan fingerprint density at radius 3 is 2.96 bits per heavy atom. The molecule has 1 aliphatic rings. The predicted octanol–water partition coefficient (Wildman–Crippen LogP) is 3.07. The van der Waals surface area contributed by atoms with E-state index in [1.807, 2.05) is 24.4 Å². The van der Waals surface area contributed by atoms with Crippen molar-refractivity contribution in [3.63, 3.8) is 0 Å². The average Bonchev–Trinajstić information content (AvgIpc) is 3.11. The van der Waals surface area contributed by atoms with Gasteiger partial charge in [0.2, 0.25) is 10.0 Å². The van der Waals surface area contributed by atoms with Crippen LogP contribution in [0.2, 0.25) is 0 Å². The lowest BCUT2D eigenvalue weighted by atomic mass is 10.00. The predicted molar refractivity (Wildman–Crippen MR) is 95.1 cm³/mol. The molecule has 0 amide bonds. The molecule has 4 rings (SSSR count). The van der Waals surface area contributed by atoms with E-state index in [1.54, 1.807) is 10.5 Å². The molecule has 1 N–H and O–H groups in total. The summed E-state index contributed by atoms with van der Waals surface area (Å²) in [4.78, 5) is 7.55. The van der Waals surface area contributed by atoms with Crippen LogP contribution < -0.4 is 0 Å². The lowest BCUT2D eigenvalue weighted by Crippen LogP contribution is -2.25. The number of aromatic nitrogens is 2. The standard InChI is InChI=1S/C18H19N3O2S/c1-13-11-20-18-17(13)16(6-7-19-18)15-5-2-4-14(10-15)12-21-8-3-9-24(21,22)23/h2,4-7,10-11H,3,8-9,12H2,1H3,(H,19,20). The molecule has 0 aliphatic carbocycles. The Morgan fingerprint density at radius 1 is 1.29 bits per heavy atom. The van der Waals surface area contributed by atoms with Crippen LogP contribution in [0, 0.1) is 6.92 Å². The van der Waals surface area contributed by atoms with Crippen LogP contribution in [0.3, 0.4) is 0 Å². The van der Waals surface area contributed by atoms with Gasteiger partial charge < -0.3 is 4.98 Å². The number of nitrogens with one attached hydrogen (secondary N) is 1. The minimum atomic E-state index is -3.08. The Kier molecular flexibility index (Phi) is 3.66. The number of sulfonamides is 1. The zero-order chi connectivity index (χ0) is 16.7. The van der Waals surface area contributed by atoms with Crippen molar-refractivity contribution < 1.29 is 8.42 Å². The summed E-state index contributed by atoms with van der Waals surface area (Å²) < 4.78 is 25.6. The summed E-state index contributed by atoms with van der Waals surface area (Å²) in [5.74, 6) is 0.264. The maximum absolute atomic E-state index is 12.0. The molecule has 1 aromatic carbocycles. The van der Waals surface area contributed by atoms with Gasteiger partial charge in [-0.2, -0.15) is 4.31 Å². The lowest BCUT2D eigenvalue weighted by molar-refractivity contribution is 0.440. The summed E-state index contributed by atoms with van der Waals surface area (Å²) in [5.41, 5.74) is 5.23. The van der Waals surface area contributed by atoms with Gasteiger partial charge in [0.1, 0.15) is 5.65 Å². The first kappa shape index (κ1) is 15.4. The van der Waals surface area contributed by atoms with Crippen molar-refractivity contribution in [3.8, 4) is 11.1 Å². The van der Waals surface area contributed by atoms with Gasteiger partial charge in [0.25, 0.3) is 0 Å². The Balaban J connectivity index is 1.73. The van der Waals surface area contributed by atoms with Gasteiger partial charge in [0, 0.05) is 30.9 Å². The normalized spacial score (nSPS) is 17.5. The molecular formula is C18H19N3O2S. The molecule has 1 fully saturated rings. The third kappa shape index (κ3) is 2.61. The molecule has 5 nitrogen and oxygen atoms in total. The molecule has 24 heavy (non-hydrogen) atoms. The summed E-state index contributed by atoms with van der Waals surface area (Å²) in [7, 11) is -3.08. The molecule has 3 heterocycles. The highest BCUT2D eigenvalue weighted by atomic mass is 32.2. The molecule has 1 aliphatic heterocycles. The van der Waals surface area contributed by atoms with E-state index in [9.17, 15) is 8.42 Å². The SMILES string of the molecule is Cc1c[nH]c2nccc(-c3cccc(CN4CCCS4(=O)=O)c3)c12. The Labute approximate surface area is 141 Å². The van der Waals surface area contributed by atoms with Crippen molar-refractivity contribution in [3.05, 3.63) is 53.9 Å². The molecule has 0 unspecified atom stereocenters. The van der Waals surface area contributed by atoms with Crippen molar-refractivity contribution in [2.75, 3.05) is 12.3 Å². The summed E-state index contributed by atoms with van der Waals surface area (Å²) in [6, 6.07) is 10.1. The molecule has 0 atom stereocenters. The quantitative estimate of drug-likeness (QED) is 0.796. The smallest absolute Gasteiger partial charge is 0.214 e. The van der Waals surface area contributed by atoms with E-state index in [2.05, 4.69) is 29.0 Å². The number of nitrogens with zero attached hydrogens (tertiary/aromatic N) is 2. The van der Waals surface area contributed by atoms with E-state index in [0.717, 1.165) is 39.7 Å². The highest BCUT2D eigenvalue weighted by molar-refractivity contribution is 7.89. The minimum Gasteiger partial charge on any atom is -0.346 e. The molecule has 0 saturated carbocycles. The topological polar surface area (TPSA) is 66.1 Å². The summed E-state index contributed by atoms with van der Waals surface area (Å²) in [6.07, 6.45) is 4.47. The van der Waals surface area contributed by atoms with Gasteiger partial charge in [0.05, 0.1) is 5.75 Å². The number of fused-ring (bicyclic) bond motifs is 1. The second-order valence-corrected chi connectivity index (χ2v) is 8.35. The van der Waals surface area contributed by atoms with Crippen LogP contribution in [-0.4, -0.2) is 35.0 Å². The minimum absolute atomic E-state index is 0.264. The number of rotatable bonds is 3. The largest absolute Gasteiger partial charge is 0.346 e. The summed E-state index contributed by atoms with van der Waals surface area (Å²) in [6.45, 7) is 3.12. The van der Waals surface area contributed by atoms with Crippen LogP contribution in [0.15, 0.2) is 42.7 Å². The van der Waals surface area contributed by atoms with Crippen LogP contribution >= 0.6 is 0 Å². The van der Waals surface area contributed by atoms with Gasteiger partial charge in [-0.05, 0) is 47.7 Å². The van der Waals surface area contributed by atoms with Crippen LogP contribution in [0.4, 0.5) is 0 Å². The van der Waals surface area contributed by atoms with E-state index in [0.29, 0.717) is 13.1 Å². The molecule has 0 spiro atoms. The fourth-order valence-corrected chi connectivity index (χ4v) is 4.87. The van der Waals surface area contributed by atoms with E-state index in [-0.39, 0.29) is 5.75 Å². The lowest BCUT2D eigenvalue weighted by Gasteiger charge is -2.15. The third-order valence-corrected chi connectivity index (χ3v) is 6.47. The number of H-pyrrole nitrogens is 1. The van der Waals surface area contributed by atoms with Gasteiger partial charge in [0.15, 0.2) is 0 Å². The zero-order valence-electron chi connectivity index (χ0n) is 13.5. The van der Waals surface area contributed by atoms with Crippen molar-refractivity contribution in [2.45, 2.75) is 19.9 Å². The fraction of sp³-hybridized carbons (Fsp3) is 0.278. The van der Waals surface area contributed by atoms with Crippen molar-refractivity contribution in [1.82, 2.24) is 14.3 Å². The monoisotopic (exact) mass is 341 g/mol. The van der Waals surface area contributed by atoms with E-state index in [4.69, 9.17) is 0 Å². The first-order valence-corrected chi connectivity index (χ1v) is 9.65. The van der Waals surface area contributed by atoms with Gasteiger partial charge in [-0.1, -0.05) is 18.2 Å². The van der Waals surface area contributed by atoms with Gasteiger partial charge >= 0.3 is 0 Å². The maximum Gasteiger partial charge on any atom is 0.214 e. The van der Waals surface area contributed by atoms with Crippen molar-refractivity contribution in [1.29, 1.82) is 0 Å². The van der Waals surface area contributed by atoms with Gasteiger partial charge in [-0.3, -0.25) is 0 Å². The molecule has 124 valence electrons. The number of aryl methyl sites for hydroxylation is 1. The van der Waals surface area contributed by atoms with E-state index < -0.39 is 10.0 Å². The fourth-order valence-electron chi connectivity index (χ4n) is 3.37. The van der Waals surface area contributed by atoms with E-state index in [1.165, 1.54) is 0 Å². The van der Waals surface area contributed by atoms with Gasteiger partial charge in [-0.25, -0.2) is 13.4 Å². The zero-order valence-corrected chi connectivity index (χ0v) is 14.3. The first-order chi connectivity index (χ1) is 11.5. The molecule has 0 radical (unpaired) electrons. The Morgan fingerprint density at radius 2 is 2.17 bits per heavy atom. The molecule has 2 aromatic heterocycles. The number of hydrogen-bond acceptors (Lipinski definition) is 3. The van der Waals surface area contributed by atoms with Crippen molar-refractivity contribution >= 4 is 21.1 Å². The third-order valence-electron chi connectivity index (χ3n) is 4.57. The number of pyridine rings is 1. The molecule has 0 bridgehead atoms. The van der Waals surface area contributed by atoms with Crippen LogP contribution in [0.1, 0.15) is 17.5 Å². The van der Waals surface area contributed by atoms with Crippen molar-refractivity contribution in [2.24, 2.45) is 0 Å². The number of hydrogen-bond donors (Lipinski definition) is 1. The maximum atomic E-state index is 12.0. The van der Waals surface area contributed by atoms with Gasteiger partial charge in [-0.15, -0.1) is 0 Å². The number of benzene rings is 1. The molecular weight excluding hydrogens is 322 g/mol. The van der Waals surface area contributed by atoms with Crippen LogP contribution in [-0.2, 0) is 16.6 Å². The second-order valence-electron chi connectivity index (χ2n) is 6.26. The highest BCUT2D eigenvalue weighted by Crippen LogP contribution is 2.30. The summed E-state index contributed by atoms with van der Waals surface area (Å²) in [5, 5.41) is 1.11. The molecule has 3 aromatic rings. The first-order valence-electron chi connectivity index (χ1n) is 8.04. The summed E-state index contributed by atoms with van der Waals surface area (Å²) >= 11 is 0. The Hall–Kier alpha value is -2.18. The van der Waals surface area contributed by atoms with Crippen LogP contribution in [0.5, 0.6) is 0 Å².